The van der Waals surface area contributed by atoms with Crippen molar-refractivity contribution in [2.75, 3.05) is 14.1 Å². The number of benzene rings is 2. The van der Waals surface area contributed by atoms with Crippen LogP contribution in [0.3, 0.4) is 0 Å². The predicted molar refractivity (Wildman–Crippen MR) is 119 cm³/mol. The van der Waals surface area contributed by atoms with Crippen LogP contribution in [-0.4, -0.2) is 34.6 Å². The highest BCUT2D eigenvalue weighted by molar-refractivity contribution is 9.10. The van der Waals surface area contributed by atoms with Crippen molar-refractivity contribution in [1.29, 1.82) is 0 Å². The van der Waals surface area contributed by atoms with Crippen LogP contribution in [0, 0.1) is 18.6 Å². The van der Waals surface area contributed by atoms with Crippen molar-refractivity contribution in [1.82, 2.24) is 19.8 Å². The first-order valence-corrected chi connectivity index (χ1v) is 10.4. The molecule has 2 amide bonds. The Labute approximate surface area is 191 Å². The van der Waals surface area contributed by atoms with Crippen LogP contribution < -0.4 is 15.6 Å². The average molecular weight is 507 g/mol. The van der Waals surface area contributed by atoms with Crippen LogP contribution in [0.1, 0.15) is 17.0 Å². The van der Waals surface area contributed by atoms with E-state index in [-0.39, 0.29) is 35.1 Å². The van der Waals surface area contributed by atoms with Crippen LogP contribution in [0.5, 0.6) is 5.88 Å². The van der Waals surface area contributed by atoms with Gasteiger partial charge in [0.25, 0.3) is 5.56 Å². The molecule has 0 aliphatic rings. The third-order valence-corrected chi connectivity index (χ3v) is 5.24. The van der Waals surface area contributed by atoms with Gasteiger partial charge in [-0.25, -0.2) is 13.6 Å². The van der Waals surface area contributed by atoms with E-state index in [0.717, 1.165) is 17.7 Å². The quantitative estimate of drug-likeness (QED) is 0.549. The van der Waals surface area contributed by atoms with E-state index in [0.29, 0.717) is 11.5 Å². The molecule has 0 bridgehead atoms. The minimum atomic E-state index is -0.746. The molecule has 0 fully saturated rings. The van der Waals surface area contributed by atoms with E-state index in [9.17, 15) is 18.4 Å². The van der Waals surface area contributed by atoms with Gasteiger partial charge in [0.2, 0.25) is 5.88 Å². The molecule has 3 rings (SSSR count). The summed E-state index contributed by atoms with van der Waals surface area (Å²) < 4.78 is 33.9. The Morgan fingerprint density at radius 3 is 2.66 bits per heavy atom. The summed E-state index contributed by atoms with van der Waals surface area (Å²) in [5, 5.41) is 2.77. The molecule has 0 saturated carbocycles. The molecule has 10 heteroatoms. The van der Waals surface area contributed by atoms with Gasteiger partial charge < -0.3 is 15.0 Å². The lowest BCUT2D eigenvalue weighted by atomic mass is 10.2. The summed E-state index contributed by atoms with van der Waals surface area (Å²) in [7, 11) is 3.29. The number of hydrogen-bond donors (Lipinski definition) is 1. The van der Waals surface area contributed by atoms with Gasteiger partial charge in [0.05, 0.1) is 5.69 Å². The number of urea groups is 1. The summed E-state index contributed by atoms with van der Waals surface area (Å²) in [5.74, 6) is -1.08. The molecule has 2 aromatic carbocycles. The number of aromatic nitrogens is 2. The van der Waals surface area contributed by atoms with Crippen molar-refractivity contribution < 1.29 is 18.3 Å². The predicted octanol–water partition coefficient (Wildman–Crippen LogP) is 3.93. The summed E-state index contributed by atoms with van der Waals surface area (Å²) in [6, 6.07) is 10.0. The molecule has 32 heavy (non-hydrogen) atoms. The van der Waals surface area contributed by atoms with Gasteiger partial charge in [-0.05, 0) is 52.7 Å². The van der Waals surface area contributed by atoms with Gasteiger partial charge in [-0.3, -0.25) is 9.36 Å². The first kappa shape index (κ1) is 23.4. The molecule has 168 valence electrons. The fourth-order valence-electron chi connectivity index (χ4n) is 2.91. The Bertz CT molecular complexity index is 1210. The molecule has 0 radical (unpaired) electrons. The normalized spacial score (nSPS) is 10.7. The number of carbonyl (C=O) groups is 1. The number of rotatable bonds is 6. The van der Waals surface area contributed by atoms with Gasteiger partial charge in [0, 0.05) is 32.3 Å². The van der Waals surface area contributed by atoms with Crippen LogP contribution in [-0.2, 0) is 13.2 Å². The van der Waals surface area contributed by atoms with Gasteiger partial charge in [-0.1, -0.05) is 12.1 Å². The van der Waals surface area contributed by atoms with Crippen molar-refractivity contribution in [3.63, 3.8) is 0 Å². The third kappa shape index (κ3) is 5.31. The second kappa shape index (κ2) is 9.90. The third-order valence-electron chi connectivity index (χ3n) is 4.56. The first-order valence-electron chi connectivity index (χ1n) is 9.57. The van der Waals surface area contributed by atoms with Crippen molar-refractivity contribution in [3.8, 4) is 11.6 Å². The van der Waals surface area contributed by atoms with Crippen LogP contribution in [0.2, 0.25) is 0 Å². The van der Waals surface area contributed by atoms with Crippen molar-refractivity contribution >= 4 is 22.0 Å². The first-order chi connectivity index (χ1) is 15.2. The van der Waals surface area contributed by atoms with Crippen molar-refractivity contribution in [2.45, 2.75) is 20.1 Å². The lowest BCUT2D eigenvalue weighted by Crippen LogP contribution is -2.34. The number of nitrogens with zero attached hydrogens (tertiary/aromatic N) is 3. The fourth-order valence-corrected chi connectivity index (χ4v) is 3.29. The Hall–Kier alpha value is -3.27. The molecule has 1 aromatic heterocycles. The van der Waals surface area contributed by atoms with Crippen LogP contribution in [0.4, 0.5) is 13.6 Å². The van der Waals surface area contributed by atoms with Gasteiger partial charge >= 0.3 is 6.03 Å². The molecule has 0 unspecified atom stereocenters. The zero-order valence-corrected chi connectivity index (χ0v) is 19.2. The number of ether oxygens (including phenoxy) is 1. The zero-order valence-electron chi connectivity index (χ0n) is 17.7. The minimum Gasteiger partial charge on any atom is -0.472 e. The number of carbonyl (C=O) groups excluding carboxylic acids is 1. The number of amides is 2. The van der Waals surface area contributed by atoms with Crippen molar-refractivity contribution in [3.05, 3.63) is 85.9 Å². The van der Waals surface area contributed by atoms with E-state index in [4.69, 9.17) is 4.74 Å². The Morgan fingerprint density at radius 1 is 1.22 bits per heavy atom. The van der Waals surface area contributed by atoms with Gasteiger partial charge in [0.1, 0.15) is 28.5 Å². The van der Waals surface area contributed by atoms with E-state index in [1.165, 1.54) is 15.5 Å². The number of aryl methyl sites for hydroxylation is 1. The van der Waals surface area contributed by atoms with Crippen LogP contribution in [0.15, 0.2) is 51.7 Å². The lowest BCUT2D eigenvalue weighted by Gasteiger charge is -2.15. The van der Waals surface area contributed by atoms with Gasteiger partial charge in [0.15, 0.2) is 0 Å². The Balaban J connectivity index is 1.85. The molecule has 0 aliphatic heterocycles. The number of nitrogens with one attached hydrogen (secondary N) is 1. The summed E-state index contributed by atoms with van der Waals surface area (Å²) in [6.07, 6.45) is 0. The highest BCUT2D eigenvalue weighted by Gasteiger charge is 2.16. The van der Waals surface area contributed by atoms with Crippen LogP contribution >= 0.6 is 15.9 Å². The van der Waals surface area contributed by atoms with Gasteiger partial charge in [-0.2, -0.15) is 4.98 Å². The molecule has 1 heterocycles. The monoisotopic (exact) mass is 506 g/mol. The van der Waals surface area contributed by atoms with E-state index < -0.39 is 17.2 Å². The second-order valence-corrected chi connectivity index (χ2v) is 7.96. The SMILES string of the molecule is Cc1nc(OCc2ccc(F)cc2F)c(Br)c(=O)n1-c1cccc(CNC(=O)N(C)C)c1. The molecule has 7 nitrogen and oxygen atoms in total. The molecule has 0 spiro atoms. The second-order valence-electron chi connectivity index (χ2n) is 7.17. The maximum atomic E-state index is 13.8. The van der Waals surface area contributed by atoms with Gasteiger partial charge in [-0.15, -0.1) is 0 Å². The molecular weight excluding hydrogens is 486 g/mol. The Morgan fingerprint density at radius 2 is 1.97 bits per heavy atom. The highest BCUT2D eigenvalue weighted by atomic mass is 79.9. The maximum Gasteiger partial charge on any atom is 0.317 e. The fraction of sp³-hybridized carbons (Fsp3) is 0.227. The summed E-state index contributed by atoms with van der Waals surface area (Å²) in [5.41, 5.74) is 1.08. The summed E-state index contributed by atoms with van der Waals surface area (Å²) >= 11 is 3.21. The number of hydrogen-bond acceptors (Lipinski definition) is 4. The maximum absolute atomic E-state index is 13.8. The Kier molecular flexibility index (Phi) is 7.24. The minimum absolute atomic E-state index is 0.00174. The summed E-state index contributed by atoms with van der Waals surface area (Å²) in [6.45, 7) is 1.71. The topological polar surface area (TPSA) is 76.5 Å². The molecule has 3 aromatic rings. The average Bonchev–Trinajstić information content (AvgIpc) is 2.75. The molecule has 0 atom stereocenters. The molecule has 1 N–H and O–H groups in total. The van der Waals surface area contributed by atoms with E-state index in [1.807, 2.05) is 6.07 Å². The van der Waals surface area contributed by atoms with E-state index >= 15 is 0 Å². The standard InChI is InChI=1S/C22H21BrF2N4O3/c1-13-27-20(32-12-15-7-8-16(24)10-18(15)25)19(23)21(30)29(13)17-6-4-5-14(9-17)11-26-22(31)28(2)3/h4-10H,11-12H2,1-3H3,(H,26,31). The highest BCUT2D eigenvalue weighted by Crippen LogP contribution is 2.22. The molecule has 0 aliphatic carbocycles. The summed E-state index contributed by atoms with van der Waals surface area (Å²) in [4.78, 5) is 30.5. The molecular formula is C22H21BrF2N4O3. The largest absolute Gasteiger partial charge is 0.472 e. The lowest BCUT2D eigenvalue weighted by molar-refractivity contribution is 0.217. The smallest absolute Gasteiger partial charge is 0.317 e. The zero-order chi connectivity index (χ0) is 23.4. The van der Waals surface area contributed by atoms with Crippen LogP contribution in [0.25, 0.3) is 5.69 Å². The van der Waals surface area contributed by atoms with Crippen molar-refractivity contribution in [2.24, 2.45) is 0 Å². The van der Waals surface area contributed by atoms with E-state index in [1.54, 1.807) is 39.2 Å². The number of halogens is 3. The molecule has 0 saturated heterocycles. The van der Waals surface area contributed by atoms with E-state index in [2.05, 4.69) is 26.2 Å².